The zero-order chi connectivity index (χ0) is 8.10. The highest BCUT2D eigenvalue weighted by atomic mass is 35.5. The van der Waals surface area contributed by atoms with Crippen LogP contribution < -0.4 is 0 Å². The Kier molecular flexibility index (Phi) is 4.06. The Balaban J connectivity index is 2.20. The molecule has 4 heteroatoms. The van der Waals surface area contributed by atoms with Crippen molar-refractivity contribution in [3.63, 3.8) is 0 Å². The van der Waals surface area contributed by atoms with Crippen LogP contribution >= 0.6 is 23.4 Å². The van der Waals surface area contributed by atoms with Gasteiger partial charge in [-0.2, -0.15) is 17.0 Å². The number of alkyl halides is 1. The number of nitriles is 1. The summed E-state index contributed by atoms with van der Waals surface area (Å²) in [4.78, 5) is 2.25. The first-order chi connectivity index (χ1) is 5.33. The van der Waals surface area contributed by atoms with Crippen LogP contribution in [0.15, 0.2) is 0 Å². The molecule has 1 heterocycles. The van der Waals surface area contributed by atoms with Crippen LogP contribution in [0.1, 0.15) is 0 Å². The molecule has 1 saturated heterocycles. The Bertz CT molecular complexity index is 151. The average Bonchev–Trinajstić information content (AvgIpc) is 2.06. The number of thioether (sulfide) groups is 1. The maximum Gasteiger partial charge on any atom is 0.133 e. The first-order valence-electron chi connectivity index (χ1n) is 3.66. The zero-order valence-corrected chi connectivity index (χ0v) is 7.87. The van der Waals surface area contributed by atoms with Crippen molar-refractivity contribution in [3.05, 3.63) is 0 Å². The van der Waals surface area contributed by atoms with Crippen LogP contribution in [0.2, 0.25) is 0 Å². The number of rotatable bonds is 2. The van der Waals surface area contributed by atoms with Crippen molar-refractivity contribution in [2.75, 3.05) is 31.1 Å². The summed E-state index contributed by atoms with van der Waals surface area (Å²) in [5, 5.41) is 8.12. The molecule has 0 aromatic rings. The lowest BCUT2D eigenvalue weighted by Crippen LogP contribution is -2.36. The van der Waals surface area contributed by atoms with Gasteiger partial charge < -0.3 is 0 Å². The molecule has 0 bridgehead atoms. The lowest BCUT2D eigenvalue weighted by atomic mass is 10.4. The predicted octanol–water partition coefficient (Wildman–Crippen LogP) is 1.17. The minimum Gasteiger partial charge on any atom is -0.299 e. The number of hydrogen-bond donors (Lipinski definition) is 0. The van der Waals surface area contributed by atoms with Crippen molar-refractivity contribution in [3.8, 4) is 6.07 Å². The summed E-state index contributed by atoms with van der Waals surface area (Å²) in [5.74, 6) is 2.35. The van der Waals surface area contributed by atoms with Crippen LogP contribution in [0, 0.1) is 11.3 Å². The molecule has 0 aromatic heterocycles. The van der Waals surface area contributed by atoms with Crippen LogP contribution in [-0.4, -0.2) is 41.4 Å². The molecule has 0 aromatic carbocycles. The Morgan fingerprint density at radius 2 is 2.18 bits per heavy atom. The van der Waals surface area contributed by atoms with Crippen molar-refractivity contribution < 1.29 is 0 Å². The molecule has 0 radical (unpaired) electrons. The van der Waals surface area contributed by atoms with Crippen LogP contribution in [0.5, 0.6) is 0 Å². The zero-order valence-electron chi connectivity index (χ0n) is 6.29. The standard InChI is InChI=1S/C7H11ClN2S/c8-7(5-9)6-10-1-3-11-4-2-10/h7H,1-4,6H2. The minimum absolute atomic E-state index is 0.335. The molecule has 2 nitrogen and oxygen atoms in total. The summed E-state index contributed by atoms with van der Waals surface area (Å²) in [6.07, 6.45) is 0. The van der Waals surface area contributed by atoms with E-state index in [1.807, 2.05) is 17.8 Å². The van der Waals surface area contributed by atoms with Gasteiger partial charge in [0, 0.05) is 31.1 Å². The smallest absolute Gasteiger partial charge is 0.133 e. The second-order valence-electron chi connectivity index (χ2n) is 2.51. The highest BCUT2D eigenvalue weighted by Gasteiger charge is 2.13. The molecule has 0 aliphatic carbocycles. The van der Waals surface area contributed by atoms with Gasteiger partial charge in [-0.05, 0) is 0 Å². The van der Waals surface area contributed by atoms with Gasteiger partial charge in [0.05, 0.1) is 6.07 Å². The Hall–Kier alpha value is 0.0900. The van der Waals surface area contributed by atoms with Gasteiger partial charge >= 0.3 is 0 Å². The summed E-state index contributed by atoms with van der Waals surface area (Å²) in [6, 6.07) is 2.03. The van der Waals surface area contributed by atoms with E-state index in [2.05, 4.69) is 4.90 Å². The molecule has 0 N–H and O–H groups in total. The number of halogens is 1. The topological polar surface area (TPSA) is 27.0 Å². The Labute approximate surface area is 76.5 Å². The van der Waals surface area contributed by atoms with Gasteiger partial charge in [0.15, 0.2) is 0 Å². The van der Waals surface area contributed by atoms with Gasteiger partial charge in [-0.25, -0.2) is 0 Å². The molecule has 1 aliphatic heterocycles. The van der Waals surface area contributed by atoms with Crippen molar-refractivity contribution >= 4 is 23.4 Å². The predicted molar refractivity (Wildman–Crippen MR) is 49.0 cm³/mol. The SMILES string of the molecule is N#CC(Cl)CN1CCSCC1. The van der Waals surface area contributed by atoms with Crippen molar-refractivity contribution in [2.24, 2.45) is 0 Å². The molecular weight excluding hydrogens is 180 g/mol. The lowest BCUT2D eigenvalue weighted by molar-refractivity contribution is 0.312. The first kappa shape index (κ1) is 9.18. The monoisotopic (exact) mass is 190 g/mol. The summed E-state index contributed by atoms with van der Waals surface area (Å²) < 4.78 is 0. The third-order valence-electron chi connectivity index (χ3n) is 1.66. The van der Waals surface area contributed by atoms with E-state index in [1.54, 1.807) is 0 Å². The minimum atomic E-state index is -0.335. The van der Waals surface area contributed by atoms with E-state index < -0.39 is 0 Å². The van der Waals surface area contributed by atoms with E-state index in [9.17, 15) is 0 Å². The van der Waals surface area contributed by atoms with Crippen molar-refractivity contribution in [1.82, 2.24) is 4.90 Å². The third-order valence-corrected chi connectivity index (χ3v) is 2.84. The van der Waals surface area contributed by atoms with Gasteiger partial charge in [0.2, 0.25) is 0 Å². The molecule has 1 atom stereocenters. The molecule has 62 valence electrons. The molecule has 0 amide bonds. The van der Waals surface area contributed by atoms with Gasteiger partial charge in [-0.1, -0.05) is 0 Å². The maximum absolute atomic E-state index is 8.45. The largest absolute Gasteiger partial charge is 0.299 e. The van der Waals surface area contributed by atoms with Gasteiger partial charge in [-0.3, -0.25) is 4.90 Å². The molecule has 1 unspecified atom stereocenters. The summed E-state index contributed by atoms with van der Waals surface area (Å²) in [7, 11) is 0. The third kappa shape index (κ3) is 3.33. The van der Waals surface area contributed by atoms with Crippen LogP contribution in [0.25, 0.3) is 0 Å². The Morgan fingerprint density at radius 3 is 2.73 bits per heavy atom. The quantitative estimate of drug-likeness (QED) is 0.612. The van der Waals surface area contributed by atoms with E-state index in [-0.39, 0.29) is 5.38 Å². The Morgan fingerprint density at radius 1 is 1.55 bits per heavy atom. The van der Waals surface area contributed by atoms with Gasteiger partial charge in [-0.15, -0.1) is 11.6 Å². The first-order valence-corrected chi connectivity index (χ1v) is 5.26. The van der Waals surface area contributed by atoms with E-state index in [0.717, 1.165) is 19.6 Å². The van der Waals surface area contributed by atoms with Crippen LogP contribution in [0.3, 0.4) is 0 Å². The molecule has 1 fully saturated rings. The molecule has 11 heavy (non-hydrogen) atoms. The fourth-order valence-electron chi connectivity index (χ4n) is 1.05. The van der Waals surface area contributed by atoms with E-state index in [1.165, 1.54) is 11.5 Å². The fourth-order valence-corrected chi connectivity index (χ4v) is 2.23. The van der Waals surface area contributed by atoms with Crippen molar-refractivity contribution in [1.29, 1.82) is 5.26 Å². The molecule has 1 aliphatic rings. The van der Waals surface area contributed by atoms with Crippen LogP contribution in [-0.2, 0) is 0 Å². The second-order valence-corrected chi connectivity index (χ2v) is 4.26. The second kappa shape index (κ2) is 4.87. The normalized spacial score (nSPS) is 22.5. The molecule has 0 saturated carbocycles. The summed E-state index contributed by atoms with van der Waals surface area (Å²) in [6.45, 7) is 2.88. The van der Waals surface area contributed by atoms with Crippen molar-refractivity contribution in [2.45, 2.75) is 5.38 Å². The maximum atomic E-state index is 8.45. The number of nitrogens with zero attached hydrogens (tertiary/aromatic N) is 2. The average molecular weight is 191 g/mol. The molecule has 0 spiro atoms. The van der Waals surface area contributed by atoms with E-state index >= 15 is 0 Å². The summed E-state index contributed by atoms with van der Waals surface area (Å²) in [5.41, 5.74) is 0. The highest BCUT2D eigenvalue weighted by Crippen LogP contribution is 2.10. The van der Waals surface area contributed by atoms with Crippen LogP contribution in [0.4, 0.5) is 0 Å². The summed E-state index contributed by atoms with van der Waals surface area (Å²) >= 11 is 7.65. The molecular formula is C7H11ClN2S. The lowest BCUT2D eigenvalue weighted by Gasteiger charge is -2.26. The highest BCUT2D eigenvalue weighted by molar-refractivity contribution is 7.99. The van der Waals surface area contributed by atoms with Gasteiger partial charge in [0.25, 0.3) is 0 Å². The van der Waals surface area contributed by atoms with E-state index in [0.29, 0.717) is 0 Å². The van der Waals surface area contributed by atoms with Gasteiger partial charge in [0.1, 0.15) is 5.38 Å². The fraction of sp³-hybridized carbons (Fsp3) is 0.857. The van der Waals surface area contributed by atoms with E-state index in [4.69, 9.17) is 16.9 Å². The molecule has 1 rings (SSSR count). The number of hydrogen-bond acceptors (Lipinski definition) is 3.